The third kappa shape index (κ3) is 40.1. The normalized spacial score (nSPS) is 12.9. The Hall–Kier alpha value is -2.66. The summed E-state index contributed by atoms with van der Waals surface area (Å²) in [6.07, 6.45) is 53.4. The smallest absolute Gasteiger partial charge is 0.306 e. The fourth-order valence-corrected chi connectivity index (χ4v) is 5.60. The third-order valence-corrected chi connectivity index (χ3v) is 8.74. The van der Waals surface area contributed by atoms with Crippen LogP contribution in [0.3, 0.4) is 0 Å². The number of unbranched alkanes of at least 4 members (excludes halogenated alkanes) is 15. The van der Waals surface area contributed by atoms with Crippen LogP contribution in [0, 0.1) is 0 Å². The van der Waals surface area contributed by atoms with Crippen molar-refractivity contribution in [2.45, 2.75) is 194 Å². The van der Waals surface area contributed by atoms with Crippen LogP contribution in [0.5, 0.6) is 0 Å². The second kappa shape index (κ2) is 42.8. The molecule has 1 atom stereocenters. The molecule has 0 aromatic carbocycles. The summed E-state index contributed by atoms with van der Waals surface area (Å²) in [5.74, 6) is -0.440. The van der Waals surface area contributed by atoms with Gasteiger partial charge in [0.1, 0.15) is 6.61 Å². The second-order valence-corrected chi connectivity index (χ2v) is 13.8. The monoisotopic (exact) mass is 725 g/mol. The number of ether oxygens (including phenoxy) is 3. The topological polar surface area (TPSA) is 61.8 Å². The van der Waals surface area contributed by atoms with Crippen LogP contribution in [0.4, 0.5) is 0 Å². The van der Waals surface area contributed by atoms with E-state index in [1.807, 2.05) is 0 Å². The highest BCUT2D eigenvalue weighted by atomic mass is 16.6. The van der Waals surface area contributed by atoms with Crippen LogP contribution in [-0.4, -0.2) is 37.9 Å². The van der Waals surface area contributed by atoms with E-state index in [1.165, 1.54) is 51.4 Å². The molecule has 0 fully saturated rings. The maximum atomic E-state index is 12.6. The molecule has 5 nitrogen and oxygen atoms in total. The van der Waals surface area contributed by atoms with Gasteiger partial charge in [0, 0.05) is 19.4 Å². The molecule has 0 spiro atoms. The van der Waals surface area contributed by atoms with Crippen molar-refractivity contribution in [2.75, 3.05) is 19.8 Å². The molecule has 0 rings (SSSR count). The van der Waals surface area contributed by atoms with E-state index < -0.39 is 6.10 Å². The zero-order valence-corrected chi connectivity index (χ0v) is 34.1. The summed E-state index contributed by atoms with van der Waals surface area (Å²) in [4.78, 5) is 25.1. The molecule has 0 radical (unpaired) electrons. The van der Waals surface area contributed by atoms with Crippen molar-refractivity contribution in [2.24, 2.45) is 0 Å². The Morgan fingerprint density at radius 3 is 1.38 bits per heavy atom. The summed E-state index contributed by atoms with van der Waals surface area (Å²) in [5, 5.41) is 0. The SMILES string of the molecule is CC/C=C\C/C=C\C/C=C\CCCCCCCC(=O)OCC(COCCCCCC/C=C\C/C=C\C/C=C\CC)OC(=O)CCCCCCCCC. The Kier molecular flexibility index (Phi) is 40.6. The van der Waals surface area contributed by atoms with Gasteiger partial charge in [0.05, 0.1) is 6.61 Å². The molecule has 0 aromatic heterocycles. The van der Waals surface area contributed by atoms with E-state index in [9.17, 15) is 9.59 Å². The van der Waals surface area contributed by atoms with Gasteiger partial charge < -0.3 is 14.2 Å². The molecule has 298 valence electrons. The number of carbonyl (C=O) groups is 2. The van der Waals surface area contributed by atoms with E-state index in [0.29, 0.717) is 19.4 Å². The molecule has 0 heterocycles. The van der Waals surface area contributed by atoms with E-state index in [4.69, 9.17) is 14.2 Å². The molecule has 5 heteroatoms. The lowest BCUT2D eigenvalue weighted by Gasteiger charge is -2.18. The Labute approximate surface area is 321 Å². The first kappa shape index (κ1) is 49.3. The summed E-state index contributed by atoms with van der Waals surface area (Å²) >= 11 is 0. The minimum absolute atomic E-state index is 0.0650. The zero-order chi connectivity index (χ0) is 37.8. The van der Waals surface area contributed by atoms with Crippen LogP contribution in [0.1, 0.15) is 188 Å². The van der Waals surface area contributed by atoms with E-state index >= 15 is 0 Å². The zero-order valence-electron chi connectivity index (χ0n) is 34.1. The maximum Gasteiger partial charge on any atom is 0.306 e. The van der Waals surface area contributed by atoms with E-state index in [1.54, 1.807) is 0 Å². The van der Waals surface area contributed by atoms with Crippen molar-refractivity contribution in [1.82, 2.24) is 0 Å². The highest BCUT2D eigenvalue weighted by molar-refractivity contribution is 5.70. The molecule has 1 unspecified atom stereocenters. The minimum atomic E-state index is -0.552. The van der Waals surface area contributed by atoms with Crippen molar-refractivity contribution in [3.63, 3.8) is 0 Å². The number of esters is 2. The Morgan fingerprint density at radius 2 is 0.865 bits per heavy atom. The molecule has 52 heavy (non-hydrogen) atoms. The molecule has 0 aromatic rings. The average molecular weight is 725 g/mol. The number of hydrogen-bond acceptors (Lipinski definition) is 5. The quantitative estimate of drug-likeness (QED) is 0.0360. The summed E-state index contributed by atoms with van der Waals surface area (Å²) < 4.78 is 17.2. The van der Waals surface area contributed by atoms with Crippen LogP contribution in [-0.2, 0) is 23.8 Å². The van der Waals surface area contributed by atoms with Crippen molar-refractivity contribution >= 4 is 11.9 Å². The average Bonchev–Trinajstić information content (AvgIpc) is 3.14. The third-order valence-electron chi connectivity index (χ3n) is 8.74. The fraction of sp³-hybridized carbons (Fsp3) is 0.702. The predicted molar refractivity (Wildman–Crippen MR) is 224 cm³/mol. The lowest BCUT2D eigenvalue weighted by atomic mass is 10.1. The largest absolute Gasteiger partial charge is 0.462 e. The van der Waals surface area contributed by atoms with Crippen molar-refractivity contribution in [3.05, 3.63) is 72.9 Å². The highest BCUT2D eigenvalue weighted by Crippen LogP contribution is 2.12. The van der Waals surface area contributed by atoms with Crippen molar-refractivity contribution in [1.29, 1.82) is 0 Å². The number of carbonyl (C=O) groups excluding carboxylic acids is 2. The van der Waals surface area contributed by atoms with Crippen LogP contribution in [0.25, 0.3) is 0 Å². The Morgan fingerprint density at radius 1 is 0.442 bits per heavy atom. The molecule has 0 saturated heterocycles. The van der Waals surface area contributed by atoms with Gasteiger partial charge in [-0.05, 0) is 83.5 Å². The van der Waals surface area contributed by atoms with Crippen LogP contribution in [0.15, 0.2) is 72.9 Å². The van der Waals surface area contributed by atoms with E-state index in [2.05, 4.69) is 93.7 Å². The summed E-state index contributed by atoms with van der Waals surface area (Å²) in [6.45, 7) is 7.49. The summed E-state index contributed by atoms with van der Waals surface area (Å²) in [7, 11) is 0. The first-order chi connectivity index (χ1) is 25.6. The van der Waals surface area contributed by atoms with Gasteiger partial charge in [0.2, 0.25) is 0 Å². The van der Waals surface area contributed by atoms with Gasteiger partial charge in [-0.2, -0.15) is 0 Å². The molecule has 0 saturated carbocycles. The van der Waals surface area contributed by atoms with Gasteiger partial charge in [-0.25, -0.2) is 0 Å². The van der Waals surface area contributed by atoms with Gasteiger partial charge in [0.15, 0.2) is 6.10 Å². The Bertz CT molecular complexity index is 957. The molecule has 0 amide bonds. The summed E-state index contributed by atoms with van der Waals surface area (Å²) in [5.41, 5.74) is 0. The van der Waals surface area contributed by atoms with Crippen LogP contribution < -0.4 is 0 Å². The van der Waals surface area contributed by atoms with E-state index in [0.717, 1.165) is 103 Å². The van der Waals surface area contributed by atoms with Gasteiger partial charge in [0.25, 0.3) is 0 Å². The predicted octanol–water partition coefficient (Wildman–Crippen LogP) is 14.0. The van der Waals surface area contributed by atoms with E-state index in [-0.39, 0.29) is 25.2 Å². The van der Waals surface area contributed by atoms with Crippen molar-refractivity contribution in [3.8, 4) is 0 Å². The first-order valence-corrected chi connectivity index (χ1v) is 21.5. The van der Waals surface area contributed by atoms with Crippen LogP contribution >= 0.6 is 0 Å². The second-order valence-electron chi connectivity index (χ2n) is 13.8. The summed E-state index contributed by atoms with van der Waals surface area (Å²) in [6, 6.07) is 0. The highest BCUT2D eigenvalue weighted by Gasteiger charge is 2.17. The van der Waals surface area contributed by atoms with Gasteiger partial charge in [-0.3, -0.25) is 9.59 Å². The van der Waals surface area contributed by atoms with Crippen molar-refractivity contribution < 1.29 is 23.8 Å². The number of allylic oxidation sites excluding steroid dienone is 12. The molecular formula is C47H80O5. The molecule has 0 N–H and O–H groups in total. The van der Waals surface area contributed by atoms with Gasteiger partial charge in [-0.1, -0.05) is 164 Å². The molecule has 0 aliphatic carbocycles. The Balaban J connectivity index is 4.25. The molecule has 0 aliphatic rings. The number of hydrogen-bond donors (Lipinski definition) is 0. The van der Waals surface area contributed by atoms with Gasteiger partial charge in [-0.15, -0.1) is 0 Å². The van der Waals surface area contributed by atoms with Gasteiger partial charge >= 0.3 is 11.9 Å². The fourth-order valence-electron chi connectivity index (χ4n) is 5.60. The minimum Gasteiger partial charge on any atom is -0.462 e. The molecule has 0 bridgehead atoms. The maximum absolute atomic E-state index is 12.6. The number of rotatable bonds is 38. The van der Waals surface area contributed by atoms with Crippen LogP contribution in [0.2, 0.25) is 0 Å². The molecule has 0 aliphatic heterocycles. The lowest BCUT2D eigenvalue weighted by molar-refractivity contribution is -0.163. The first-order valence-electron chi connectivity index (χ1n) is 21.5. The lowest BCUT2D eigenvalue weighted by Crippen LogP contribution is -2.30. The standard InChI is InChI=1S/C47H80O5/c1-4-7-10-13-16-18-20-22-24-25-27-29-32-34-37-40-46(48)51-44-45(52-47(49)41-38-35-31-15-12-9-6-3)43-50-42-39-36-33-30-28-26-23-21-19-17-14-11-8-5-2/h7-8,10-11,16-19,22-24,26,45H,4-6,9,12-15,20-21,25,27-44H2,1-3H3/b10-7-,11-8-,18-16-,19-17-,24-22-,26-23-. The molecular weight excluding hydrogens is 645 g/mol.